The molecule has 5 nitrogen and oxygen atoms in total. The molecule has 1 saturated heterocycles. The fourth-order valence-corrected chi connectivity index (χ4v) is 4.22. The SMILES string of the molecule is Cc1ccc(C)c(OCCN2C(=O)S/C(=C\c3ccc(OCc4ccccc4)cc3)C2=O)c1. The third kappa shape index (κ3) is 5.84. The molecule has 0 bridgehead atoms. The Balaban J connectivity index is 1.33. The number of hydrogen-bond donors (Lipinski definition) is 0. The van der Waals surface area contributed by atoms with Crippen molar-refractivity contribution >= 4 is 29.0 Å². The molecule has 1 fully saturated rings. The van der Waals surface area contributed by atoms with Crippen LogP contribution in [0.25, 0.3) is 6.08 Å². The molecule has 1 aliphatic rings. The third-order valence-electron chi connectivity index (χ3n) is 5.22. The van der Waals surface area contributed by atoms with E-state index in [0.717, 1.165) is 45.5 Å². The Kier molecular flexibility index (Phi) is 7.15. The molecule has 0 spiro atoms. The lowest BCUT2D eigenvalue weighted by molar-refractivity contribution is -0.123. The summed E-state index contributed by atoms with van der Waals surface area (Å²) in [5, 5.41) is -0.279. The number of benzene rings is 3. The molecule has 3 aromatic rings. The quantitative estimate of drug-likeness (QED) is 0.387. The first-order valence-corrected chi connectivity index (χ1v) is 11.5. The zero-order valence-electron chi connectivity index (χ0n) is 18.6. The van der Waals surface area contributed by atoms with Crippen LogP contribution in [0.4, 0.5) is 4.79 Å². The van der Waals surface area contributed by atoms with E-state index in [2.05, 4.69) is 0 Å². The van der Waals surface area contributed by atoms with E-state index in [4.69, 9.17) is 9.47 Å². The van der Waals surface area contributed by atoms with Crippen molar-refractivity contribution < 1.29 is 19.1 Å². The lowest BCUT2D eigenvalue weighted by atomic mass is 10.1. The summed E-state index contributed by atoms with van der Waals surface area (Å²) >= 11 is 0.952. The normalized spacial score (nSPS) is 14.7. The van der Waals surface area contributed by atoms with Crippen molar-refractivity contribution in [2.45, 2.75) is 20.5 Å². The minimum Gasteiger partial charge on any atom is -0.491 e. The number of rotatable bonds is 8. The Bertz CT molecular complexity index is 1170. The van der Waals surface area contributed by atoms with Gasteiger partial charge in [-0.05, 0) is 72.1 Å². The van der Waals surface area contributed by atoms with Crippen molar-refractivity contribution in [1.29, 1.82) is 0 Å². The molecule has 0 aromatic heterocycles. The Hall–Kier alpha value is -3.51. The molecule has 33 heavy (non-hydrogen) atoms. The second-order valence-electron chi connectivity index (χ2n) is 7.79. The number of hydrogen-bond acceptors (Lipinski definition) is 5. The molecule has 0 radical (unpaired) electrons. The molecular formula is C27H25NO4S. The molecule has 3 aromatic carbocycles. The first-order chi connectivity index (χ1) is 16.0. The van der Waals surface area contributed by atoms with Crippen molar-refractivity contribution in [2.75, 3.05) is 13.2 Å². The van der Waals surface area contributed by atoms with Gasteiger partial charge in [0.15, 0.2) is 0 Å². The first kappa shape index (κ1) is 22.7. The van der Waals surface area contributed by atoms with Crippen LogP contribution in [0, 0.1) is 13.8 Å². The summed E-state index contributed by atoms with van der Waals surface area (Å²) in [5.41, 5.74) is 4.04. The number of amides is 2. The van der Waals surface area contributed by atoms with Crippen molar-refractivity contribution in [3.05, 3.63) is 100.0 Å². The summed E-state index contributed by atoms with van der Waals surface area (Å²) in [6.07, 6.45) is 1.73. The molecule has 2 amide bonds. The van der Waals surface area contributed by atoms with E-state index in [1.54, 1.807) is 6.08 Å². The van der Waals surface area contributed by atoms with Gasteiger partial charge in [0.25, 0.3) is 11.1 Å². The van der Waals surface area contributed by atoms with E-state index in [9.17, 15) is 9.59 Å². The van der Waals surface area contributed by atoms with Crippen LogP contribution in [0.15, 0.2) is 77.7 Å². The minimum absolute atomic E-state index is 0.210. The van der Waals surface area contributed by atoms with Gasteiger partial charge in [0, 0.05) is 0 Å². The van der Waals surface area contributed by atoms with Crippen LogP contribution in [0.5, 0.6) is 11.5 Å². The van der Waals surface area contributed by atoms with Crippen LogP contribution in [0.1, 0.15) is 22.3 Å². The standard InChI is InChI=1S/C27H25NO4S/c1-19-8-9-20(2)24(16-19)31-15-14-28-26(29)25(33-27(28)30)17-21-10-12-23(13-11-21)32-18-22-6-4-3-5-7-22/h3-13,16-17H,14-15,18H2,1-2H3/b25-17-. The molecule has 0 atom stereocenters. The molecule has 1 heterocycles. The highest BCUT2D eigenvalue weighted by molar-refractivity contribution is 8.18. The first-order valence-electron chi connectivity index (χ1n) is 10.7. The molecule has 0 N–H and O–H groups in total. The molecule has 6 heteroatoms. The van der Waals surface area contributed by atoms with Crippen LogP contribution < -0.4 is 9.47 Å². The maximum Gasteiger partial charge on any atom is 0.293 e. The zero-order valence-corrected chi connectivity index (χ0v) is 19.4. The summed E-state index contributed by atoms with van der Waals surface area (Å²) in [6.45, 7) is 4.92. The summed E-state index contributed by atoms with van der Waals surface area (Å²) in [7, 11) is 0. The summed E-state index contributed by atoms with van der Waals surface area (Å²) in [6, 6.07) is 23.4. The lowest BCUT2D eigenvalue weighted by Crippen LogP contribution is -2.32. The largest absolute Gasteiger partial charge is 0.491 e. The van der Waals surface area contributed by atoms with E-state index in [-0.39, 0.29) is 24.3 Å². The van der Waals surface area contributed by atoms with E-state index in [1.807, 2.05) is 86.6 Å². The van der Waals surface area contributed by atoms with Gasteiger partial charge >= 0.3 is 0 Å². The molecular weight excluding hydrogens is 434 g/mol. The number of aryl methyl sites for hydroxylation is 2. The number of ether oxygens (including phenoxy) is 2. The average Bonchev–Trinajstić information content (AvgIpc) is 3.09. The molecule has 4 rings (SSSR count). The monoisotopic (exact) mass is 459 g/mol. The third-order valence-corrected chi connectivity index (χ3v) is 6.12. The van der Waals surface area contributed by atoms with Gasteiger partial charge in [0.05, 0.1) is 11.4 Å². The van der Waals surface area contributed by atoms with Gasteiger partial charge < -0.3 is 9.47 Å². The second kappa shape index (κ2) is 10.4. The van der Waals surface area contributed by atoms with Crippen LogP contribution in [0.3, 0.4) is 0 Å². The summed E-state index contributed by atoms with van der Waals surface area (Å²) in [5.74, 6) is 1.22. The second-order valence-corrected chi connectivity index (χ2v) is 8.79. The number of carbonyl (C=O) groups is 2. The van der Waals surface area contributed by atoms with Crippen molar-refractivity contribution in [3.8, 4) is 11.5 Å². The van der Waals surface area contributed by atoms with Gasteiger partial charge in [-0.1, -0.05) is 54.6 Å². The predicted molar refractivity (Wildman–Crippen MR) is 131 cm³/mol. The Morgan fingerprint density at radius 1 is 0.909 bits per heavy atom. The van der Waals surface area contributed by atoms with Gasteiger partial charge in [0.1, 0.15) is 24.7 Å². The van der Waals surface area contributed by atoms with Crippen molar-refractivity contribution in [1.82, 2.24) is 4.90 Å². The highest BCUT2D eigenvalue weighted by Crippen LogP contribution is 2.32. The van der Waals surface area contributed by atoms with Gasteiger partial charge in [-0.3, -0.25) is 14.5 Å². The summed E-state index contributed by atoms with van der Waals surface area (Å²) in [4.78, 5) is 26.8. The molecule has 0 aliphatic carbocycles. The fraction of sp³-hybridized carbons (Fsp3) is 0.185. The van der Waals surface area contributed by atoms with Crippen LogP contribution in [-0.4, -0.2) is 29.2 Å². The molecule has 0 saturated carbocycles. The van der Waals surface area contributed by atoms with Crippen LogP contribution >= 0.6 is 11.8 Å². The maximum absolute atomic E-state index is 12.7. The van der Waals surface area contributed by atoms with Crippen LogP contribution in [0.2, 0.25) is 0 Å². The van der Waals surface area contributed by atoms with Gasteiger partial charge in [0.2, 0.25) is 0 Å². The van der Waals surface area contributed by atoms with Gasteiger partial charge in [-0.2, -0.15) is 0 Å². The molecule has 168 valence electrons. The van der Waals surface area contributed by atoms with Crippen molar-refractivity contribution in [3.63, 3.8) is 0 Å². The predicted octanol–water partition coefficient (Wildman–Crippen LogP) is 6.00. The number of imide groups is 1. The Morgan fingerprint density at radius 2 is 1.67 bits per heavy atom. The highest BCUT2D eigenvalue weighted by Gasteiger charge is 2.34. The van der Waals surface area contributed by atoms with E-state index in [1.165, 1.54) is 4.90 Å². The molecule has 0 unspecified atom stereocenters. The minimum atomic E-state index is -0.293. The Labute approximate surface area is 198 Å². The number of carbonyl (C=O) groups excluding carboxylic acids is 2. The average molecular weight is 460 g/mol. The van der Waals surface area contributed by atoms with E-state index in [0.29, 0.717) is 11.5 Å². The van der Waals surface area contributed by atoms with Gasteiger partial charge in [-0.15, -0.1) is 0 Å². The highest BCUT2D eigenvalue weighted by atomic mass is 32.2. The number of nitrogens with zero attached hydrogens (tertiary/aromatic N) is 1. The maximum atomic E-state index is 12.7. The smallest absolute Gasteiger partial charge is 0.293 e. The lowest BCUT2D eigenvalue weighted by Gasteiger charge is -2.14. The zero-order chi connectivity index (χ0) is 23.2. The van der Waals surface area contributed by atoms with Gasteiger partial charge in [-0.25, -0.2) is 0 Å². The summed E-state index contributed by atoms with van der Waals surface area (Å²) < 4.78 is 11.6. The molecule has 1 aliphatic heterocycles. The topological polar surface area (TPSA) is 55.8 Å². The van der Waals surface area contributed by atoms with Crippen LogP contribution in [-0.2, 0) is 11.4 Å². The number of thioether (sulfide) groups is 1. The van der Waals surface area contributed by atoms with Crippen molar-refractivity contribution in [2.24, 2.45) is 0 Å². The van der Waals surface area contributed by atoms with E-state index >= 15 is 0 Å². The Morgan fingerprint density at radius 3 is 2.42 bits per heavy atom. The van der Waals surface area contributed by atoms with E-state index < -0.39 is 0 Å². The fourth-order valence-electron chi connectivity index (χ4n) is 3.36.